The highest BCUT2D eigenvalue weighted by molar-refractivity contribution is 5.70. The van der Waals surface area contributed by atoms with E-state index in [-0.39, 0.29) is 5.56 Å². The van der Waals surface area contributed by atoms with E-state index in [0.717, 1.165) is 29.2 Å². The standard InChI is InChI=1S/C15H12FNO3/c16-14-5-17-4-12(13(14)6-18)9-1-2-11-10(3-9)8-20-15(11)7-19/h1-5,7,15,18H,6,8H2. The Bertz CT molecular complexity index is 672. The average Bonchev–Trinajstić information content (AvgIpc) is 2.89. The molecule has 2 aromatic rings. The third-order valence-electron chi connectivity index (χ3n) is 3.47. The summed E-state index contributed by atoms with van der Waals surface area (Å²) in [6.07, 6.45) is 2.83. The summed E-state index contributed by atoms with van der Waals surface area (Å²) in [6, 6.07) is 5.41. The van der Waals surface area contributed by atoms with E-state index < -0.39 is 18.5 Å². The highest BCUT2D eigenvalue weighted by Crippen LogP contribution is 2.33. The molecule has 0 saturated heterocycles. The lowest BCUT2D eigenvalue weighted by molar-refractivity contribution is -0.117. The lowest BCUT2D eigenvalue weighted by atomic mass is 9.97. The second-order valence-electron chi connectivity index (χ2n) is 4.59. The van der Waals surface area contributed by atoms with Gasteiger partial charge in [0.2, 0.25) is 0 Å². The summed E-state index contributed by atoms with van der Waals surface area (Å²) >= 11 is 0. The van der Waals surface area contributed by atoms with Gasteiger partial charge < -0.3 is 14.6 Å². The molecule has 1 unspecified atom stereocenters. The van der Waals surface area contributed by atoms with Crippen LogP contribution in [0, 0.1) is 5.82 Å². The van der Waals surface area contributed by atoms with Crippen molar-refractivity contribution in [3.8, 4) is 11.1 Å². The molecule has 0 fully saturated rings. The highest BCUT2D eigenvalue weighted by atomic mass is 19.1. The van der Waals surface area contributed by atoms with E-state index in [1.165, 1.54) is 6.20 Å². The van der Waals surface area contributed by atoms with Gasteiger partial charge in [0.15, 0.2) is 6.29 Å². The molecule has 1 N–H and O–H groups in total. The van der Waals surface area contributed by atoms with Crippen molar-refractivity contribution in [3.05, 3.63) is 53.1 Å². The molecule has 3 rings (SSSR count). The summed E-state index contributed by atoms with van der Waals surface area (Å²) in [5, 5.41) is 9.30. The van der Waals surface area contributed by atoms with E-state index in [9.17, 15) is 14.3 Å². The van der Waals surface area contributed by atoms with E-state index in [1.54, 1.807) is 12.1 Å². The Morgan fingerprint density at radius 1 is 1.45 bits per heavy atom. The summed E-state index contributed by atoms with van der Waals surface area (Å²) in [5.41, 5.74) is 3.23. The van der Waals surface area contributed by atoms with Crippen LogP contribution in [-0.4, -0.2) is 16.4 Å². The molecular formula is C15H12FNO3. The van der Waals surface area contributed by atoms with Crippen molar-refractivity contribution < 1.29 is 19.0 Å². The number of ether oxygens (including phenoxy) is 1. The van der Waals surface area contributed by atoms with Gasteiger partial charge in [-0.25, -0.2) is 4.39 Å². The molecule has 0 amide bonds. The van der Waals surface area contributed by atoms with E-state index >= 15 is 0 Å². The molecule has 1 aliphatic rings. The van der Waals surface area contributed by atoms with Crippen LogP contribution in [0.2, 0.25) is 0 Å². The maximum absolute atomic E-state index is 13.6. The minimum absolute atomic E-state index is 0.214. The number of benzene rings is 1. The Labute approximate surface area is 114 Å². The van der Waals surface area contributed by atoms with E-state index in [4.69, 9.17) is 4.74 Å². The van der Waals surface area contributed by atoms with Crippen LogP contribution >= 0.6 is 0 Å². The lowest BCUT2D eigenvalue weighted by Gasteiger charge is -2.09. The Balaban J connectivity index is 2.09. The van der Waals surface area contributed by atoms with Crippen LogP contribution in [0.1, 0.15) is 22.8 Å². The zero-order valence-electron chi connectivity index (χ0n) is 10.5. The van der Waals surface area contributed by atoms with Crippen molar-refractivity contribution in [2.45, 2.75) is 19.3 Å². The van der Waals surface area contributed by atoms with Crippen molar-refractivity contribution in [2.75, 3.05) is 0 Å². The number of aliphatic hydroxyl groups excluding tert-OH is 1. The topological polar surface area (TPSA) is 59.4 Å². The first-order valence-electron chi connectivity index (χ1n) is 6.18. The molecule has 5 heteroatoms. The maximum atomic E-state index is 13.6. The summed E-state index contributed by atoms with van der Waals surface area (Å²) in [6.45, 7) is -0.0436. The number of fused-ring (bicyclic) bond motifs is 1. The van der Waals surface area contributed by atoms with Crippen LogP contribution < -0.4 is 0 Å². The molecular weight excluding hydrogens is 261 g/mol. The second kappa shape index (κ2) is 5.11. The van der Waals surface area contributed by atoms with Crippen LogP contribution in [-0.2, 0) is 22.7 Å². The number of carbonyl (C=O) groups excluding carboxylic acids is 1. The average molecular weight is 273 g/mol. The Hall–Kier alpha value is -2.11. The molecule has 4 nitrogen and oxygen atoms in total. The first kappa shape index (κ1) is 12.9. The maximum Gasteiger partial charge on any atom is 0.153 e. The van der Waals surface area contributed by atoms with Crippen molar-refractivity contribution in [1.29, 1.82) is 0 Å². The molecule has 0 saturated carbocycles. The van der Waals surface area contributed by atoms with Gasteiger partial charge in [-0.15, -0.1) is 0 Å². The first-order valence-corrected chi connectivity index (χ1v) is 6.18. The van der Waals surface area contributed by atoms with Crippen LogP contribution in [0.3, 0.4) is 0 Å². The highest BCUT2D eigenvalue weighted by Gasteiger charge is 2.23. The number of aldehydes is 1. The van der Waals surface area contributed by atoms with Gasteiger partial charge in [0.1, 0.15) is 11.9 Å². The number of aromatic nitrogens is 1. The molecule has 0 aliphatic carbocycles. The van der Waals surface area contributed by atoms with Gasteiger partial charge in [0.05, 0.1) is 19.4 Å². The zero-order valence-corrected chi connectivity index (χ0v) is 10.5. The third-order valence-corrected chi connectivity index (χ3v) is 3.47. The molecule has 1 atom stereocenters. The monoisotopic (exact) mass is 273 g/mol. The van der Waals surface area contributed by atoms with Crippen LogP contribution in [0.25, 0.3) is 11.1 Å². The van der Waals surface area contributed by atoms with Gasteiger partial charge in [-0.2, -0.15) is 0 Å². The minimum Gasteiger partial charge on any atom is -0.392 e. The van der Waals surface area contributed by atoms with Crippen molar-refractivity contribution in [3.63, 3.8) is 0 Å². The van der Waals surface area contributed by atoms with Crippen LogP contribution in [0.5, 0.6) is 0 Å². The smallest absolute Gasteiger partial charge is 0.153 e. The van der Waals surface area contributed by atoms with Gasteiger partial charge in [-0.3, -0.25) is 4.98 Å². The fourth-order valence-electron chi connectivity index (χ4n) is 2.43. The number of aliphatic hydroxyl groups is 1. The predicted molar refractivity (Wildman–Crippen MR) is 69.1 cm³/mol. The molecule has 0 spiro atoms. The summed E-state index contributed by atoms with van der Waals surface area (Å²) < 4.78 is 19.0. The second-order valence-corrected chi connectivity index (χ2v) is 4.59. The van der Waals surface area contributed by atoms with Crippen molar-refractivity contribution in [1.82, 2.24) is 4.98 Å². The summed E-state index contributed by atoms with van der Waals surface area (Å²) in [7, 11) is 0. The number of hydrogen-bond donors (Lipinski definition) is 1. The van der Waals surface area contributed by atoms with E-state index in [1.807, 2.05) is 6.07 Å². The number of rotatable bonds is 3. The molecule has 102 valence electrons. The molecule has 1 aliphatic heterocycles. The quantitative estimate of drug-likeness (QED) is 0.870. The van der Waals surface area contributed by atoms with E-state index in [0.29, 0.717) is 12.2 Å². The largest absolute Gasteiger partial charge is 0.392 e. The molecule has 1 aromatic carbocycles. The lowest BCUT2D eigenvalue weighted by Crippen LogP contribution is -1.98. The fraction of sp³-hybridized carbons (Fsp3) is 0.200. The Morgan fingerprint density at radius 2 is 2.30 bits per heavy atom. The molecule has 0 radical (unpaired) electrons. The third kappa shape index (κ3) is 2.01. The van der Waals surface area contributed by atoms with Crippen molar-refractivity contribution in [2.24, 2.45) is 0 Å². The number of pyridine rings is 1. The van der Waals surface area contributed by atoms with E-state index in [2.05, 4.69) is 4.98 Å². The summed E-state index contributed by atoms with van der Waals surface area (Å²) in [5.74, 6) is -0.535. The first-order chi connectivity index (χ1) is 9.74. The van der Waals surface area contributed by atoms with Gasteiger partial charge in [0.25, 0.3) is 0 Å². The molecule has 20 heavy (non-hydrogen) atoms. The van der Waals surface area contributed by atoms with Gasteiger partial charge in [-0.05, 0) is 22.8 Å². The Morgan fingerprint density at radius 3 is 3.05 bits per heavy atom. The zero-order chi connectivity index (χ0) is 14.1. The van der Waals surface area contributed by atoms with Gasteiger partial charge in [0, 0.05) is 17.3 Å². The molecule has 2 heterocycles. The SMILES string of the molecule is O=CC1OCc2cc(-c3cncc(F)c3CO)ccc21. The van der Waals surface area contributed by atoms with Crippen molar-refractivity contribution >= 4 is 6.29 Å². The normalized spacial score (nSPS) is 17.0. The van der Waals surface area contributed by atoms with Crippen LogP contribution in [0.4, 0.5) is 4.39 Å². The summed E-state index contributed by atoms with van der Waals surface area (Å²) in [4.78, 5) is 14.7. The minimum atomic E-state index is -0.535. The number of halogens is 1. The predicted octanol–water partition coefficient (Wildman–Crippen LogP) is 2.15. The number of carbonyl (C=O) groups is 1. The molecule has 0 bridgehead atoms. The van der Waals surface area contributed by atoms with Crippen LogP contribution in [0.15, 0.2) is 30.6 Å². The fourth-order valence-corrected chi connectivity index (χ4v) is 2.43. The number of nitrogens with zero attached hydrogens (tertiary/aromatic N) is 1. The van der Waals surface area contributed by atoms with Gasteiger partial charge in [-0.1, -0.05) is 12.1 Å². The van der Waals surface area contributed by atoms with Gasteiger partial charge >= 0.3 is 0 Å². The Kier molecular flexibility index (Phi) is 3.30. The number of hydrogen-bond acceptors (Lipinski definition) is 4. The molecule has 1 aromatic heterocycles.